The number of nitro groups is 1. The van der Waals surface area contributed by atoms with E-state index in [1.807, 2.05) is 36.4 Å². The topological polar surface area (TPSA) is 114 Å². The summed E-state index contributed by atoms with van der Waals surface area (Å²) in [6.07, 6.45) is 1.28. The van der Waals surface area contributed by atoms with Gasteiger partial charge in [-0.1, -0.05) is 36.4 Å². The lowest BCUT2D eigenvalue weighted by atomic mass is 9.87. The lowest BCUT2D eigenvalue weighted by Crippen LogP contribution is -2.28. The highest BCUT2D eigenvalue weighted by Crippen LogP contribution is 2.43. The molecule has 29 heavy (non-hydrogen) atoms. The number of rotatable bonds is 4. The number of hydrogen-bond donors (Lipinski definition) is 2. The van der Waals surface area contributed by atoms with Gasteiger partial charge >= 0.3 is 5.69 Å². The third-order valence-electron chi connectivity index (χ3n) is 4.53. The molecule has 0 saturated heterocycles. The molecular weight excluding hydrogens is 374 g/mol. The van der Waals surface area contributed by atoms with Crippen molar-refractivity contribution < 1.29 is 19.6 Å². The SMILES string of the molecule is O=C(N/N=C/c1ccc(O)c([N+](=O)[O-])c1)C1c2ccccc2Oc2ccccc21. The Balaban J connectivity index is 1.59. The molecule has 1 amide bonds. The molecular formula is C21H15N3O5. The number of carbonyl (C=O) groups is 1. The van der Waals surface area contributed by atoms with Crippen molar-refractivity contribution in [3.63, 3.8) is 0 Å². The maximum atomic E-state index is 12.9. The molecule has 1 aliphatic heterocycles. The monoisotopic (exact) mass is 389 g/mol. The van der Waals surface area contributed by atoms with Crippen molar-refractivity contribution in [3.8, 4) is 17.2 Å². The molecule has 0 radical (unpaired) electrons. The summed E-state index contributed by atoms with van der Waals surface area (Å²) < 4.78 is 5.87. The lowest BCUT2D eigenvalue weighted by molar-refractivity contribution is -0.385. The first-order valence-corrected chi connectivity index (χ1v) is 8.70. The van der Waals surface area contributed by atoms with Gasteiger partial charge in [0.05, 0.1) is 17.1 Å². The van der Waals surface area contributed by atoms with Gasteiger partial charge in [-0.05, 0) is 24.3 Å². The summed E-state index contributed by atoms with van der Waals surface area (Å²) in [5.74, 6) is -0.208. The fraction of sp³-hybridized carbons (Fsp3) is 0.0476. The Morgan fingerprint density at radius 1 is 1.07 bits per heavy atom. The predicted octanol–water partition coefficient (Wildman–Crippen LogP) is 3.69. The third kappa shape index (κ3) is 3.51. The van der Waals surface area contributed by atoms with Crippen molar-refractivity contribution in [2.24, 2.45) is 5.10 Å². The number of phenols is 1. The highest BCUT2D eigenvalue weighted by atomic mass is 16.6. The van der Waals surface area contributed by atoms with E-state index >= 15 is 0 Å². The van der Waals surface area contributed by atoms with Crippen LogP contribution in [-0.4, -0.2) is 22.2 Å². The number of phenolic OH excluding ortho intramolecular Hbond substituents is 1. The van der Waals surface area contributed by atoms with Crippen molar-refractivity contribution >= 4 is 17.8 Å². The van der Waals surface area contributed by atoms with Gasteiger partial charge in [-0.2, -0.15) is 5.10 Å². The van der Waals surface area contributed by atoms with Gasteiger partial charge in [0.15, 0.2) is 5.75 Å². The number of para-hydroxylation sites is 2. The Hall–Kier alpha value is -4.20. The van der Waals surface area contributed by atoms with Gasteiger partial charge in [0.25, 0.3) is 5.91 Å². The Bertz CT molecular complexity index is 1100. The van der Waals surface area contributed by atoms with E-state index in [0.717, 1.165) is 11.1 Å². The summed E-state index contributed by atoms with van der Waals surface area (Å²) in [5.41, 5.74) is 3.86. The summed E-state index contributed by atoms with van der Waals surface area (Å²) >= 11 is 0. The van der Waals surface area contributed by atoms with Crippen LogP contribution in [0.5, 0.6) is 17.2 Å². The number of hydrazone groups is 1. The van der Waals surface area contributed by atoms with Crippen molar-refractivity contribution in [3.05, 3.63) is 93.5 Å². The maximum absolute atomic E-state index is 12.9. The Labute approximate surface area is 165 Å². The van der Waals surface area contributed by atoms with Crippen LogP contribution >= 0.6 is 0 Å². The van der Waals surface area contributed by atoms with Crippen LogP contribution in [0.2, 0.25) is 0 Å². The second-order valence-electron chi connectivity index (χ2n) is 6.35. The molecule has 8 nitrogen and oxygen atoms in total. The number of fused-ring (bicyclic) bond motifs is 2. The van der Waals surface area contributed by atoms with Crippen LogP contribution in [0.1, 0.15) is 22.6 Å². The van der Waals surface area contributed by atoms with Crippen LogP contribution in [-0.2, 0) is 4.79 Å². The molecule has 0 aliphatic carbocycles. The van der Waals surface area contributed by atoms with Crippen molar-refractivity contribution in [1.29, 1.82) is 0 Å². The number of ether oxygens (including phenoxy) is 1. The van der Waals surface area contributed by atoms with Crippen molar-refractivity contribution in [2.75, 3.05) is 0 Å². The molecule has 0 saturated carbocycles. The van der Waals surface area contributed by atoms with Crippen LogP contribution in [0.3, 0.4) is 0 Å². The maximum Gasteiger partial charge on any atom is 0.311 e. The normalized spacial score (nSPS) is 12.7. The molecule has 4 rings (SSSR count). The molecule has 2 N–H and O–H groups in total. The van der Waals surface area contributed by atoms with E-state index in [1.165, 1.54) is 24.4 Å². The second kappa shape index (κ2) is 7.43. The standard InChI is InChI=1S/C21H15N3O5/c25-17-10-9-13(11-16(17)24(27)28)12-22-23-21(26)20-14-5-1-3-7-18(14)29-19-8-4-2-6-15(19)20/h1-12,20,25H,(H,23,26)/b22-12+. The fourth-order valence-electron chi connectivity index (χ4n) is 3.19. The van der Waals surface area contributed by atoms with E-state index < -0.39 is 22.3 Å². The van der Waals surface area contributed by atoms with Gasteiger partial charge in [-0.3, -0.25) is 14.9 Å². The Morgan fingerprint density at radius 2 is 1.69 bits per heavy atom. The molecule has 1 aliphatic rings. The number of hydrogen-bond acceptors (Lipinski definition) is 6. The molecule has 0 atom stereocenters. The summed E-state index contributed by atoms with van der Waals surface area (Å²) in [6.45, 7) is 0. The van der Waals surface area contributed by atoms with Gasteiger partial charge < -0.3 is 9.84 Å². The minimum atomic E-state index is -0.693. The zero-order valence-corrected chi connectivity index (χ0v) is 15.0. The van der Waals surface area contributed by atoms with Gasteiger partial charge in [0.1, 0.15) is 11.5 Å². The average molecular weight is 389 g/mol. The highest BCUT2D eigenvalue weighted by molar-refractivity contribution is 5.91. The Morgan fingerprint density at radius 3 is 2.31 bits per heavy atom. The molecule has 0 spiro atoms. The lowest BCUT2D eigenvalue weighted by Gasteiger charge is -2.26. The molecule has 0 unspecified atom stereocenters. The van der Waals surface area contributed by atoms with E-state index in [4.69, 9.17) is 4.74 Å². The van der Waals surface area contributed by atoms with E-state index in [9.17, 15) is 20.0 Å². The van der Waals surface area contributed by atoms with E-state index in [-0.39, 0.29) is 5.91 Å². The van der Waals surface area contributed by atoms with E-state index in [2.05, 4.69) is 10.5 Å². The van der Waals surface area contributed by atoms with Gasteiger partial charge in [0.2, 0.25) is 0 Å². The smallest absolute Gasteiger partial charge is 0.311 e. The first kappa shape index (κ1) is 18.2. The first-order valence-electron chi connectivity index (χ1n) is 8.70. The van der Waals surface area contributed by atoms with E-state index in [0.29, 0.717) is 17.1 Å². The zero-order valence-electron chi connectivity index (χ0n) is 15.0. The van der Waals surface area contributed by atoms with Crippen molar-refractivity contribution in [2.45, 2.75) is 5.92 Å². The van der Waals surface area contributed by atoms with Crippen LogP contribution < -0.4 is 10.2 Å². The molecule has 1 heterocycles. The number of nitrogens with zero attached hydrogens (tertiary/aromatic N) is 2. The zero-order chi connectivity index (χ0) is 20.4. The number of benzene rings is 3. The number of carbonyl (C=O) groups excluding carboxylic acids is 1. The predicted molar refractivity (Wildman–Crippen MR) is 105 cm³/mol. The average Bonchev–Trinajstić information content (AvgIpc) is 2.72. The van der Waals surface area contributed by atoms with Crippen LogP contribution in [0.4, 0.5) is 5.69 Å². The molecule has 0 aromatic heterocycles. The summed E-state index contributed by atoms with van der Waals surface area (Å²) in [6, 6.07) is 18.4. The number of aromatic hydroxyl groups is 1. The largest absolute Gasteiger partial charge is 0.502 e. The minimum absolute atomic E-state index is 0.363. The Kier molecular flexibility index (Phi) is 4.66. The van der Waals surface area contributed by atoms with Gasteiger partial charge in [-0.15, -0.1) is 0 Å². The second-order valence-corrected chi connectivity index (χ2v) is 6.35. The summed E-state index contributed by atoms with van der Waals surface area (Å²) in [5, 5.41) is 24.3. The molecule has 0 bridgehead atoms. The van der Waals surface area contributed by atoms with Crippen LogP contribution in [0.15, 0.2) is 71.8 Å². The molecule has 144 valence electrons. The number of amides is 1. The first-order chi connectivity index (χ1) is 14.0. The molecule has 3 aromatic rings. The van der Waals surface area contributed by atoms with Crippen molar-refractivity contribution in [1.82, 2.24) is 5.43 Å². The van der Waals surface area contributed by atoms with Crippen LogP contribution in [0, 0.1) is 10.1 Å². The third-order valence-corrected chi connectivity index (χ3v) is 4.53. The molecule has 0 fully saturated rings. The van der Waals surface area contributed by atoms with Gasteiger partial charge in [0, 0.05) is 22.8 Å². The minimum Gasteiger partial charge on any atom is -0.502 e. The molecule has 8 heteroatoms. The fourth-order valence-corrected chi connectivity index (χ4v) is 3.19. The molecule has 3 aromatic carbocycles. The van der Waals surface area contributed by atoms with Crippen LogP contribution in [0.25, 0.3) is 0 Å². The number of nitro benzene ring substituents is 1. The van der Waals surface area contributed by atoms with Gasteiger partial charge in [-0.25, -0.2) is 5.43 Å². The quantitative estimate of drug-likeness (QED) is 0.401. The van der Waals surface area contributed by atoms with E-state index in [1.54, 1.807) is 12.1 Å². The summed E-state index contributed by atoms with van der Waals surface area (Å²) in [4.78, 5) is 23.1. The highest BCUT2D eigenvalue weighted by Gasteiger charge is 2.32. The number of nitrogens with one attached hydrogen (secondary N) is 1. The summed E-state index contributed by atoms with van der Waals surface area (Å²) in [7, 11) is 0.